The van der Waals surface area contributed by atoms with E-state index >= 15 is 0 Å². The standard InChI is InChI=1S/C29H22N6OS/c1-30-29-32-16-14-25(35-29)23-8-4-15-31-28(23)36-20-12-10-19(11-13-20)34-27-22-7-3-2-6-21(22)24(18-33-27)26-9-5-17-37-26/h2-18H,1H3,(H,33,34)(H,30,32,35). The van der Waals surface area contributed by atoms with Crippen molar-refractivity contribution >= 4 is 39.6 Å². The van der Waals surface area contributed by atoms with E-state index in [1.165, 1.54) is 4.88 Å². The molecule has 0 aliphatic rings. The molecule has 37 heavy (non-hydrogen) atoms. The van der Waals surface area contributed by atoms with Crippen molar-refractivity contribution in [1.82, 2.24) is 19.9 Å². The summed E-state index contributed by atoms with van der Waals surface area (Å²) in [5.74, 6) is 2.48. The van der Waals surface area contributed by atoms with E-state index in [2.05, 4.69) is 61.3 Å². The van der Waals surface area contributed by atoms with Crippen LogP contribution < -0.4 is 15.4 Å². The molecule has 0 bridgehead atoms. The predicted octanol–water partition coefficient (Wildman–Crippen LogP) is 7.39. The van der Waals surface area contributed by atoms with Crippen LogP contribution in [0.1, 0.15) is 0 Å². The number of aromatic nitrogens is 4. The molecule has 0 atom stereocenters. The van der Waals surface area contributed by atoms with Gasteiger partial charge in [-0.25, -0.2) is 19.9 Å². The molecule has 0 aliphatic heterocycles. The number of fused-ring (bicyclic) bond motifs is 1. The third-order valence-corrected chi connectivity index (χ3v) is 6.74. The Bertz CT molecular complexity index is 1670. The van der Waals surface area contributed by atoms with Gasteiger partial charge in [-0.3, -0.25) is 0 Å². The quantitative estimate of drug-likeness (QED) is 0.235. The van der Waals surface area contributed by atoms with Crippen molar-refractivity contribution in [3.8, 4) is 33.3 Å². The SMILES string of the molecule is CNc1nccc(-c2cccnc2Oc2ccc(Nc3ncc(-c4cccs4)c4ccccc34)cc2)n1. The second kappa shape index (κ2) is 10.0. The van der Waals surface area contributed by atoms with E-state index in [9.17, 15) is 0 Å². The largest absolute Gasteiger partial charge is 0.438 e. The number of hydrogen-bond donors (Lipinski definition) is 2. The Labute approximate surface area is 217 Å². The van der Waals surface area contributed by atoms with Crippen molar-refractivity contribution in [3.05, 3.63) is 103 Å². The molecule has 0 amide bonds. The van der Waals surface area contributed by atoms with Crippen molar-refractivity contribution in [2.24, 2.45) is 0 Å². The molecule has 0 aliphatic carbocycles. The lowest BCUT2D eigenvalue weighted by molar-refractivity contribution is 0.465. The maximum atomic E-state index is 6.14. The first-order valence-corrected chi connectivity index (χ1v) is 12.6. The fourth-order valence-corrected chi connectivity index (χ4v) is 4.82. The van der Waals surface area contributed by atoms with Crippen molar-refractivity contribution in [2.75, 3.05) is 17.7 Å². The second-order valence-electron chi connectivity index (χ2n) is 8.17. The van der Waals surface area contributed by atoms with Gasteiger partial charge in [0.2, 0.25) is 11.8 Å². The first kappa shape index (κ1) is 22.6. The minimum absolute atomic E-state index is 0.473. The molecule has 0 saturated heterocycles. The third-order valence-electron chi connectivity index (χ3n) is 5.84. The average Bonchev–Trinajstić information content (AvgIpc) is 3.49. The lowest BCUT2D eigenvalue weighted by Crippen LogP contribution is -1.98. The van der Waals surface area contributed by atoms with Gasteiger partial charge in [-0.1, -0.05) is 30.3 Å². The zero-order valence-electron chi connectivity index (χ0n) is 19.9. The van der Waals surface area contributed by atoms with E-state index in [-0.39, 0.29) is 0 Å². The highest BCUT2D eigenvalue weighted by Gasteiger charge is 2.12. The highest BCUT2D eigenvalue weighted by Crippen LogP contribution is 2.35. The first-order chi connectivity index (χ1) is 18.3. The van der Waals surface area contributed by atoms with Gasteiger partial charge in [-0.05, 0) is 59.3 Å². The van der Waals surface area contributed by atoms with Gasteiger partial charge in [-0.2, -0.15) is 0 Å². The minimum atomic E-state index is 0.473. The van der Waals surface area contributed by atoms with Gasteiger partial charge in [0.05, 0.1) is 11.3 Å². The van der Waals surface area contributed by atoms with E-state index in [0.717, 1.165) is 39.1 Å². The van der Waals surface area contributed by atoms with Crippen LogP contribution in [-0.2, 0) is 0 Å². The topological polar surface area (TPSA) is 84.9 Å². The van der Waals surface area contributed by atoms with Gasteiger partial charge in [-0.15, -0.1) is 11.3 Å². The van der Waals surface area contributed by atoms with Crippen LogP contribution >= 0.6 is 11.3 Å². The summed E-state index contributed by atoms with van der Waals surface area (Å²) in [4.78, 5) is 19.1. The zero-order valence-corrected chi connectivity index (χ0v) is 20.7. The third kappa shape index (κ3) is 4.70. The predicted molar refractivity (Wildman–Crippen MR) is 150 cm³/mol. The molecule has 4 heterocycles. The van der Waals surface area contributed by atoms with E-state index in [1.54, 1.807) is 30.8 Å². The number of pyridine rings is 2. The maximum Gasteiger partial charge on any atom is 0.228 e. The summed E-state index contributed by atoms with van der Waals surface area (Å²) >= 11 is 1.71. The molecule has 7 nitrogen and oxygen atoms in total. The van der Waals surface area contributed by atoms with Crippen LogP contribution in [0.4, 0.5) is 17.5 Å². The van der Waals surface area contributed by atoms with Gasteiger partial charge in [0.15, 0.2) is 0 Å². The summed E-state index contributed by atoms with van der Waals surface area (Å²) in [6, 6.07) is 25.9. The van der Waals surface area contributed by atoms with Crippen LogP contribution in [0, 0.1) is 0 Å². The van der Waals surface area contributed by atoms with Crippen LogP contribution in [-0.4, -0.2) is 27.0 Å². The van der Waals surface area contributed by atoms with E-state index in [0.29, 0.717) is 17.6 Å². The van der Waals surface area contributed by atoms with Gasteiger partial charge in [0, 0.05) is 47.2 Å². The summed E-state index contributed by atoms with van der Waals surface area (Å²) < 4.78 is 6.14. The van der Waals surface area contributed by atoms with Gasteiger partial charge in [0.25, 0.3) is 0 Å². The Kier molecular flexibility index (Phi) is 6.14. The number of rotatable bonds is 7. The molecule has 0 radical (unpaired) electrons. The van der Waals surface area contributed by atoms with Gasteiger partial charge in [0.1, 0.15) is 11.6 Å². The number of nitrogens with one attached hydrogen (secondary N) is 2. The lowest BCUT2D eigenvalue weighted by atomic mass is 10.1. The van der Waals surface area contributed by atoms with Crippen molar-refractivity contribution in [3.63, 3.8) is 0 Å². The zero-order chi connectivity index (χ0) is 25.0. The van der Waals surface area contributed by atoms with E-state index in [4.69, 9.17) is 9.72 Å². The monoisotopic (exact) mass is 502 g/mol. The van der Waals surface area contributed by atoms with Gasteiger partial charge >= 0.3 is 0 Å². The Hall–Kier alpha value is -4.82. The summed E-state index contributed by atoms with van der Waals surface area (Å²) in [5, 5.41) is 10.7. The minimum Gasteiger partial charge on any atom is -0.438 e. The number of hydrogen-bond acceptors (Lipinski definition) is 8. The summed E-state index contributed by atoms with van der Waals surface area (Å²) in [7, 11) is 1.78. The van der Waals surface area contributed by atoms with E-state index in [1.807, 2.05) is 54.7 Å². The highest BCUT2D eigenvalue weighted by molar-refractivity contribution is 7.13. The number of benzene rings is 2. The van der Waals surface area contributed by atoms with Crippen LogP contribution in [0.5, 0.6) is 11.6 Å². The molecule has 6 rings (SSSR count). The molecule has 6 aromatic rings. The Balaban J connectivity index is 1.25. The fraction of sp³-hybridized carbons (Fsp3) is 0.0345. The highest BCUT2D eigenvalue weighted by atomic mass is 32.1. The van der Waals surface area contributed by atoms with Crippen molar-refractivity contribution in [2.45, 2.75) is 0 Å². The van der Waals surface area contributed by atoms with Crippen molar-refractivity contribution < 1.29 is 4.74 Å². The first-order valence-electron chi connectivity index (χ1n) is 11.7. The molecule has 8 heteroatoms. The molecule has 0 spiro atoms. The van der Waals surface area contributed by atoms with Crippen molar-refractivity contribution in [1.29, 1.82) is 0 Å². The summed E-state index contributed by atoms with van der Waals surface area (Å²) in [6.07, 6.45) is 5.34. The van der Waals surface area contributed by atoms with Crippen LogP contribution in [0.2, 0.25) is 0 Å². The Morgan fingerprint density at radius 1 is 0.757 bits per heavy atom. The number of ether oxygens (including phenoxy) is 1. The summed E-state index contributed by atoms with van der Waals surface area (Å²) in [5.41, 5.74) is 3.55. The lowest BCUT2D eigenvalue weighted by Gasteiger charge is -2.13. The number of anilines is 3. The second-order valence-corrected chi connectivity index (χ2v) is 9.11. The normalized spacial score (nSPS) is 10.8. The van der Waals surface area contributed by atoms with Crippen LogP contribution in [0.25, 0.3) is 32.5 Å². The van der Waals surface area contributed by atoms with Crippen LogP contribution in [0.3, 0.4) is 0 Å². The van der Waals surface area contributed by atoms with Gasteiger partial charge < -0.3 is 15.4 Å². The Morgan fingerprint density at radius 3 is 2.43 bits per heavy atom. The molecule has 4 aromatic heterocycles. The number of thiophene rings is 1. The molecular formula is C29H22N6OS. The smallest absolute Gasteiger partial charge is 0.228 e. The fourth-order valence-electron chi connectivity index (χ4n) is 4.07. The summed E-state index contributed by atoms with van der Waals surface area (Å²) in [6.45, 7) is 0. The molecule has 180 valence electrons. The molecular weight excluding hydrogens is 480 g/mol. The average molecular weight is 503 g/mol. The van der Waals surface area contributed by atoms with E-state index < -0.39 is 0 Å². The van der Waals surface area contributed by atoms with Crippen LogP contribution in [0.15, 0.2) is 103 Å². The number of nitrogens with zero attached hydrogens (tertiary/aromatic N) is 4. The maximum absolute atomic E-state index is 6.14. The molecule has 0 fully saturated rings. The molecule has 2 N–H and O–H groups in total. The molecule has 2 aromatic carbocycles. The Morgan fingerprint density at radius 2 is 1.62 bits per heavy atom. The molecule has 0 unspecified atom stereocenters. The molecule has 0 saturated carbocycles.